The van der Waals surface area contributed by atoms with Crippen molar-refractivity contribution in [1.29, 1.82) is 0 Å². The molecule has 0 spiro atoms. The van der Waals surface area contributed by atoms with Crippen LogP contribution >= 0.6 is 12.6 Å². The fourth-order valence-electron chi connectivity index (χ4n) is 0.979. The smallest absolute Gasteiger partial charge is 0.357 e. The summed E-state index contributed by atoms with van der Waals surface area (Å²) in [5, 5.41) is 0. The number of aromatic nitrogens is 1. The summed E-state index contributed by atoms with van der Waals surface area (Å²) < 4.78 is 4.60. The topological polar surface area (TPSA) is 39.2 Å². The van der Waals surface area contributed by atoms with Gasteiger partial charge in [-0.2, -0.15) is 12.6 Å². The molecule has 0 saturated heterocycles. The molecule has 0 aliphatic rings. The fraction of sp³-hybridized carbons (Fsp3) is 0.273. The van der Waals surface area contributed by atoms with Crippen molar-refractivity contribution < 1.29 is 9.53 Å². The minimum atomic E-state index is -0.467. The highest BCUT2D eigenvalue weighted by atomic mass is 32.1. The van der Waals surface area contributed by atoms with Gasteiger partial charge in [0.1, 0.15) is 0 Å². The Kier molecular flexibility index (Phi) is 4.72. The normalized spacial score (nSPS) is 8.93. The number of hydrogen-bond donors (Lipinski definition) is 1. The molecule has 1 heterocycles. The van der Waals surface area contributed by atoms with Gasteiger partial charge in [0.05, 0.1) is 12.7 Å². The molecule has 4 heteroatoms. The summed E-state index contributed by atoms with van der Waals surface area (Å²) in [4.78, 5) is 15.2. The van der Waals surface area contributed by atoms with E-state index in [1.807, 2.05) is 0 Å². The molecule has 0 radical (unpaired) electrons. The Morgan fingerprint density at radius 3 is 3.13 bits per heavy atom. The molecular weight excluding hydrogens is 210 g/mol. The van der Waals surface area contributed by atoms with E-state index < -0.39 is 5.97 Å². The van der Waals surface area contributed by atoms with Crippen molar-refractivity contribution in [1.82, 2.24) is 4.98 Å². The molecule has 1 rings (SSSR count). The predicted molar refractivity (Wildman–Crippen MR) is 60.9 cm³/mol. The van der Waals surface area contributed by atoms with Gasteiger partial charge in [0.2, 0.25) is 0 Å². The van der Waals surface area contributed by atoms with E-state index >= 15 is 0 Å². The van der Waals surface area contributed by atoms with Crippen LogP contribution in [0.15, 0.2) is 18.3 Å². The highest BCUT2D eigenvalue weighted by molar-refractivity contribution is 7.80. The lowest BCUT2D eigenvalue weighted by atomic mass is 10.2. The molecule has 0 unspecified atom stereocenters. The molecule has 0 aliphatic heterocycles. The lowest BCUT2D eigenvalue weighted by molar-refractivity contribution is 0.0593. The largest absolute Gasteiger partial charge is 0.464 e. The van der Waals surface area contributed by atoms with Crippen LogP contribution in [0.25, 0.3) is 0 Å². The number of pyridine rings is 1. The van der Waals surface area contributed by atoms with Crippen molar-refractivity contribution in [2.75, 3.05) is 12.9 Å². The molecule has 0 saturated carbocycles. The zero-order valence-corrected chi connectivity index (χ0v) is 9.25. The Hall–Kier alpha value is -1.47. The van der Waals surface area contributed by atoms with Crippen molar-refractivity contribution in [3.8, 4) is 11.8 Å². The quantitative estimate of drug-likeness (QED) is 0.468. The van der Waals surface area contributed by atoms with E-state index in [1.54, 1.807) is 12.1 Å². The number of carbonyl (C=O) groups excluding carboxylic acids is 1. The summed E-state index contributed by atoms with van der Waals surface area (Å²) in [5.41, 5.74) is 0.845. The second-order valence-electron chi connectivity index (χ2n) is 2.67. The first kappa shape index (κ1) is 11.6. The number of nitrogens with zero attached hydrogens (tertiary/aromatic N) is 1. The Bertz CT molecular complexity index is 407. The van der Waals surface area contributed by atoms with Crippen LogP contribution in [0.1, 0.15) is 22.5 Å². The highest BCUT2D eigenvalue weighted by Gasteiger charge is 2.10. The van der Waals surface area contributed by atoms with Gasteiger partial charge >= 0.3 is 5.97 Å². The minimum Gasteiger partial charge on any atom is -0.464 e. The molecule has 0 N–H and O–H groups in total. The van der Waals surface area contributed by atoms with E-state index in [0.717, 1.165) is 0 Å². The molecule has 0 atom stereocenters. The minimum absolute atomic E-state index is 0.256. The predicted octanol–water partition coefficient (Wildman–Crippen LogP) is 1.54. The molecular formula is C11H11NO2S. The van der Waals surface area contributed by atoms with E-state index in [1.165, 1.54) is 13.3 Å². The van der Waals surface area contributed by atoms with Gasteiger partial charge in [0.25, 0.3) is 0 Å². The average molecular weight is 221 g/mol. The third kappa shape index (κ3) is 3.30. The van der Waals surface area contributed by atoms with Crippen LogP contribution < -0.4 is 0 Å². The first-order chi connectivity index (χ1) is 7.29. The van der Waals surface area contributed by atoms with Crippen molar-refractivity contribution >= 4 is 18.6 Å². The summed E-state index contributed by atoms with van der Waals surface area (Å²) in [7, 11) is 1.32. The number of hydrogen-bond acceptors (Lipinski definition) is 4. The summed E-state index contributed by atoms with van der Waals surface area (Å²) in [6, 6.07) is 3.47. The Morgan fingerprint density at radius 2 is 2.47 bits per heavy atom. The van der Waals surface area contributed by atoms with Gasteiger partial charge in [-0.15, -0.1) is 0 Å². The van der Waals surface area contributed by atoms with Gasteiger partial charge in [-0.1, -0.05) is 11.8 Å². The number of carbonyl (C=O) groups is 1. The number of esters is 1. The number of rotatable bonds is 2. The van der Waals surface area contributed by atoms with Crippen LogP contribution in [0, 0.1) is 11.8 Å². The second-order valence-corrected chi connectivity index (χ2v) is 3.11. The van der Waals surface area contributed by atoms with E-state index in [-0.39, 0.29) is 5.69 Å². The number of methoxy groups -OCH3 is 1. The Morgan fingerprint density at radius 1 is 1.67 bits per heavy atom. The van der Waals surface area contributed by atoms with E-state index in [4.69, 9.17) is 0 Å². The molecule has 1 aromatic heterocycles. The van der Waals surface area contributed by atoms with Crippen LogP contribution in [-0.2, 0) is 4.74 Å². The summed E-state index contributed by atoms with van der Waals surface area (Å²) in [6.45, 7) is 0. The van der Waals surface area contributed by atoms with Crippen LogP contribution in [0.2, 0.25) is 0 Å². The SMILES string of the molecule is COC(=O)c1ncccc1C#CCCS. The maximum absolute atomic E-state index is 11.3. The first-order valence-corrected chi connectivity index (χ1v) is 5.06. The van der Waals surface area contributed by atoms with E-state index in [0.29, 0.717) is 17.7 Å². The van der Waals surface area contributed by atoms with E-state index in [9.17, 15) is 4.79 Å². The standard InChI is InChI=1S/C11H11NO2S/c1-14-11(13)10-9(5-2-3-8-15)6-4-7-12-10/h4,6-7,15H,3,8H2,1H3. The lowest BCUT2D eigenvalue weighted by Gasteiger charge is -1.99. The molecule has 15 heavy (non-hydrogen) atoms. The Labute approximate surface area is 94.3 Å². The maximum atomic E-state index is 11.3. The third-order valence-corrected chi connectivity index (χ3v) is 1.87. The van der Waals surface area contributed by atoms with Crippen molar-refractivity contribution in [2.45, 2.75) is 6.42 Å². The molecule has 0 fully saturated rings. The zero-order valence-electron chi connectivity index (χ0n) is 8.36. The molecule has 78 valence electrons. The second kappa shape index (κ2) is 6.10. The molecule has 0 aromatic carbocycles. The Balaban J connectivity index is 2.98. The van der Waals surface area contributed by atoms with Crippen LogP contribution in [0.4, 0.5) is 0 Å². The highest BCUT2D eigenvalue weighted by Crippen LogP contribution is 2.04. The molecule has 3 nitrogen and oxygen atoms in total. The van der Waals surface area contributed by atoms with Gasteiger partial charge in [0, 0.05) is 18.4 Å². The molecule has 0 aliphatic carbocycles. The van der Waals surface area contributed by atoms with Crippen LogP contribution in [0.5, 0.6) is 0 Å². The van der Waals surface area contributed by atoms with Gasteiger partial charge in [-0.05, 0) is 12.1 Å². The number of thiol groups is 1. The van der Waals surface area contributed by atoms with Crippen molar-refractivity contribution in [3.05, 3.63) is 29.6 Å². The van der Waals surface area contributed by atoms with Gasteiger partial charge in [-0.3, -0.25) is 0 Å². The first-order valence-electron chi connectivity index (χ1n) is 4.42. The molecule has 0 amide bonds. The zero-order chi connectivity index (χ0) is 11.1. The van der Waals surface area contributed by atoms with Crippen LogP contribution in [0.3, 0.4) is 0 Å². The third-order valence-electron chi connectivity index (χ3n) is 1.65. The van der Waals surface area contributed by atoms with Gasteiger partial charge in [0.15, 0.2) is 5.69 Å². The maximum Gasteiger partial charge on any atom is 0.357 e. The number of ether oxygens (including phenoxy) is 1. The van der Waals surface area contributed by atoms with Gasteiger partial charge < -0.3 is 4.74 Å². The summed E-state index contributed by atoms with van der Waals surface area (Å²) in [5.74, 6) is 5.99. The van der Waals surface area contributed by atoms with Crippen molar-refractivity contribution in [2.24, 2.45) is 0 Å². The fourth-order valence-corrected chi connectivity index (χ4v) is 1.09. The summed E-state index contributed by atoms with van der Waals surface area (Å²) >= 11 is 4.04. The summed E-state index contributed by atoms with van der Waals surface area (Å²) in [6.07, 6.45) is 2.22. The average Bonchev–Trinajstić information content (AvgIpc) is 2.29. The monoisotopic (exact) mass is 221 g/mol. The van der Waals surface area contributed by atoms with Crippen LogP contribution in [-0.4, -0.2) is 23.8 Å². The lowest BCUT2D eigenvalue weighted by Crippen LogP contribution is -2.06. The van der Waals surface area contributed by atoms with Crippen molar-refractivity contribution in [3.63, 3.8) is 0 Å². The van der Waals surface area contributed by atoms with Gasteiger partial charge in [-0.25, -0.2) is 9.78 Å². The van der Waals surface area contributed by atoms with E-state index in [2.05, 4.69) is 34.2 Å². The molecule has 0 bridgehead atoms. The molecule has 1 aromatic rings.